The number of ether oxygens (including phenoxy) is 1. The van der Waals surface area contributed by atoms with Gasteiger partial charge in [0.2, 0.25) is 0 Å². The molecule has 23 heavy (non-hydrogen) atoms. The van der Waals surface area contributed by atoms with Crippen molar-refractivity contribution in [1.29, 1.82) is 0 Å². The maximum atomic E-state index is 12.7. The second kappa shape index (κ2) is 6.35. The minimum Gasteiger partial charge on any atom is -0.476 e. The molecule has 3 rings (SSSR count). The topological polar surface area (TPSA) is 36.2 Å². The molecular weight excluding hydrogens is 335 g/mol. The van der Waals surface area contributed by atoms with E-state index in [4.69, 9.17) is 34.4 Å². The van der Waals surface area contributed by atoms with E-state index < -0.39 is 6.10 Å². The molecule has 1 unspecified atom stereocenters. The Bertz CT molecular complexity index is 845. The summed E-state index contributed by atoms with van der Waals surface area (Å²) in [5, 5.41) is 0.893. The van der Waals surface area contributed by atoms with Crippen molar-refractivity contribution in [2.24, 2.45) is 0 Å². The van der Waals surface area contributed by atoms with Crippen LogP contribution in [0.25, 0.3) is 11.1 Å². The van der Waals surface area contributed by atoms with Gasteiger partial charge in [0.15, 0.2) is 6.10 Å². The highest BCUT2D eigenvalue weighted by Gasteiger charge is 2.22. The van der Waals surface area contributed by atoms with Gasteiger partial charge in [0.05, 0.1) is 10.6 Å². The van der Waals surface area contributed by atoms with Crippen LogP contribution in [0.2, 0.25) is 10.2 Å². The molecular formula is C17H16Cl2N2O2. The molecule has 0 saturated heterocycles. The monoisotopic (exact) mass is 350 g/mol. The van der Waals surface area contributed by atoms with Gasteiger partial charge in [-0.05, 0) is 37.5 Å². The summed E-state index contributed by atoms with van der Waals surface area (Å²) in [5.74, 6) is 2.93. The zero-order valence-corrected chi connectivity index (χ0v) is 14.2. The Labute approximate surface area is 144 Å². The molecule has 0 saturated carbocycles. The summed E-state index contributed by atoms with van der Waals surface area (Å²) >= 11 is 12.6. The van der Waals surface area contributed by atoms with Crippen LogP contribution in [0.1, 0.15) is 19.8 Å². The molecule has 0 radical (unpaired) electrons. The number of terminal acetylenes is 1. The first-order valence-electron chi connectivity index (χ1n) is 7.44. The van der Waals surface area contributed by atoms with Gasteiger partial charge in [-0.2, -0.15) is 0 Å². The van der Waals surface area contributed by atoms with E-state index in [2.05, 4.69) is 5.92 Å². The van der Waals surface area contributed by atoms with E-state index >= 15 is 0 Å². The van der Waals surface area contributed by atoms with Crippen LogP contribution in [0, 0.1) is 12.3 Å². The molecule has 0 spiro atoms. The van der Waals surface area contributed by atoms with Crippen molar-refractivity contribution in [3.05, 3.63) is 38.7 Å². The van der Waals surface area contributed by atoms with E-state index in [9.17, 15) is 4.79 Å². The number of rotatable bonds is 3. The Morgan fingerprint density at radius 1 is 1.26 bits per heavy atom. The zero-order chi connectivity index (χ0) is 16.6. The van der Waals surface area contributed by atoms with Crippen molar-refractivity contribution in [3.63, 3.8) is 0 Å². The fourth-order valence-electron chi connectivity index (χ4n) is 2.74. The molecule has 1 aliphatic rings. The van der Waals surface area contributed by atoms with Crippen molar-refractivity contribution >= 4 is 23.2 Å². The zero-order valence-electron chi connectivity index (χ0n) is 12.7. The fourth-order valence-corrected chi connectivity index (χ4v) is 3.27. The van der Waals surface area contributed by atoms with Crippen LogP contribution in [0.5, 0.6) is 5.75 Å². The smallest absolute Gasteiger partial charge is 0.276 e. The third-order valence-corrected chi connectivity index (χ3v) is 4.62. The van der Waals surface area contributed by atoms with E-state index in [1.807, 2.05) is 4.68 Å². The van der Waals surface area contributed by atoms with Crippen molar-refractivity contribution in [2.45, 2.75) is 39.0 Å². The summed E-state index contributed by atoms with van der Waals surface area (Å²) in [7, 11) is 0. The van der Waals surface area contributed by atoms with E-state index in [1.54, 1.807) is 29.8 Å². The van der Waals surface area contributed by atoms with Gasteiger partial charge < -0.3 is 4.74 Å². The molecule has 0 fully saturated rings. The number of nitrogens with zero attached hydrogens (tertiary/aromatic N) is 2. The Hall–Kier alpha value is -1.83. The number of halogens is 2. The molecule has 0 amide bonds. The van der Waals surface area contributed by atoms with Crippen LogP contribution >= 0.6 is 23.2 Å². The molecule has 2 heterocycles. The predicted molar refractivity (Wildman–Crippen MR) is 92.3 cm³/mol. The van der Waals surface area contributed by atoms with Crippen LogP contribution in [-0.4, -0.2) is 15.5 Å². The summed E-state index contributed by atoms with van der Waals surface area (Å²) in [6, 6.07) is 5.17. The number of hydrogen-bond acceptors (Lipinski definition) is 2. The standard InChI is InChI=1S/C17H16Cl2N2O2/c1-3-11(2)23-14-10-12(6-7-13(14)18)15-16(19)20-8-4-5-9-21(20)17(15)22/h1,6-7,10-11H,4-5,8-9H2,2H3. The lowest BCUT2D eigenvalue weighted by Gasteiger charge is -2.17. The van der Waals surface area contributed by atoms with Gasteiger partial charge in [0.1, 0.15) is 10.9 Å². The number of benzene rings is 1. The van der Waals surface area contributed by atoms with Gasteiger partial charge in [-0.1, -0.05) is 35.2 Å². The first-order chi connectivity index (χ1) is 11.0. The van der Waals surface area contributed by atoms with E-state index in [-0.39, 0.29) is 5.56 Å². The van der Waals surface area contributed by atoms with Crippen LogP contribution in [0.3, 0.4) is 0 Å². The molecule has 2 aromatic rings. The Morgan fingerprint density at radius 2 is 1.96 bits per heavy atom. The van der Waals surface area contributed by atoms with Crippen molar-refractivity contribution in [2.75, 3.05) is 0 Å². The third kappa shape index (κ3) is 2.87. The number of aromatic nitrogens is 2. The molecule has 1 aromatic heterocycles. The van der Waals surface area contributed by atoms with E-state index in [1.165, 1.54) is 0 Å². The van der Waals surface area contributed by atoms with Gasteiger partial charge in [-0.25, -0.2) is 4.68 Å². The summed E-state index contributed by atoms with van der Waals surface area (Å²) in [6.07, 6.45) is 6.92. The summed E-state index contributed by atoms with van der Waals surface area (Å²) < 4.78 is 9.14. The van der Waals surface area contributed by atoms with Crippen LogP contribution < -0.4 is 10.3 Å². The first kappa shape index (κ1) is 16.0. The van der Waals surface area contributed by atoms with E-state index in [0.29, 0.717) is 33.6 Å². The van der Waals surface area contributed by atoms with Crippen LogP contribution in [0.4, 0.5) is 0 Å². The predicted octanol–water partition coefficient (Wildman–Crippen LogP) is 3.82. The Kier molecular flexibility index (Phi) is 4.43. The highest BCUT2D eigenvalue weighted by atomic mass is 35.5. The molecule has 0 aliphatic carbocycles. The van der Waals surface area contributed by atoms with Crippen molar-refractivity contribution in [1.82, 2.24) is 9.36 Å². The van der Waals surface area contributed by atoms with Gasteiger partial charge >= 0.3 is 0 Å². The second-order valence-electron chi connectivity index (χ2n) is 5.50. The molecule has 0 N–H and O–H groups in total. The largest absolute Gasteiger partial charge is 0.476 e. The molecule has 1 aliphatic heterocycles. The van der Waals surface area contributed by atoms with Gasteiger partial charge in [-0.15, -0.1) is 6.42 Å². The maximum Gasteiger partial charge on any atom is 0.276 e. The Balaban J connectivity index is 2.10. The van der Waals surface area contributed by atoms with E-state index in [0.717, 1.165) is 19.4 Å². The van der Waals surface area contributed by atoms with Gasteiger partial charge in [0, 0.05) is 13.1 Å². The fraction of sp³-hybridized carbons (Fsp3) is 0.353. The highest BCUT2D eigenvalue weighted by Crippen LogP contribution is 2.33. The van der Waals surface area contributed by atoms with Crippen molar-refractivity contribution < 1.29 is 4.74 Å². The average molecular weight is 351 g/mol. The molecule has 1 aromatic carbocycles. The lowest BCUT2D eigenvalue weighted by Crippen LogP contribution is -2.27. The molecule has 0 bridgehead atoms. The summed E-state index contributed by atoms with van der Waals surface area (Å²) in [5.41, 5.74) is 1.06. The molecule has 4 nitrogen and oxygen atoms in total. The average Bonchev–Trinajstić information content (AvgIpc) is 2.81. The first-order valence-corrected chi connectivity index (χ1v) is 8.20. The minimum atomic E-state index is -0.415. The maximum absolute atomic E-state index is 12.7. The summed E-state index contributed by atoms with van der Waals surface area (Å²) in [4.78, 5) is 12.7. The van der Waals surface area contributed by atoms with Crippen LogP contribution in [0.15, 0.2) is 23.0 Å². The lowest BCUT2D eigenvalue weighted by molar-refractivity contribution is 0.279. The van der Waals surface area contributed by atoms with Gasteiger partial charge in [0.25, 0.3) is 5.56 Å². The normalized spacial score (nSPS) is 14.9. The SMILES string of the molecule is C#CC(C)Oc1cc(-c2c(Cl)n3n(c2=O)CCCC3)ccc1Cl. The molecule has 1 atom stereocenters. The Morgan fingerprint density at radius 3 is 2.61 bits per heavy atom. The lowest BCUT2D eigenvalue weighted by atomic mass is 10.1. The molecule has 6 heteroatoms. The minimum absolute atomic E-state index is 0.0898. The second-order valence-corrected chi connectivity index (χ2v) is 6.26. The number of fused-ring (bicyclic) bond motifs is 1. The van der Waals surface area contributed by atoms with Gasteiger partial charge in [-0.3, -0.25) is 9.48 Å². The summed E-state index contributed by atoms with van der Waals surface area (Å²) in [6.45, 7) is 3.19. The van der Waals surface area contributed by atoms with Crippen LogP contribution in [-0.2, 0) is 13.1 Å². The molecule has 120 valence electrons. The number of hydrogen-bond donors (Lipinski definition) is 0. The quantitative estimate of drug-likeness (QED) is 0.789. The third-order valence-electron chi connectivity index (χ3n) is 3.92. The van der Waals surface area contributed by atoms with Crippen molar-refractivity contribution in [3.8, 4) is 29.2 Å². The highest BCUT2D eigenvalue weighted by molar-refractivity contribution is 6.33.